The molecule has 0 bridgehead atoms. The third kappa shape index (κ3) is 3.79. The number of urea groups is 1. The Morgan fingerprint density at radius 1 is 1.06 bits per heavy atom. The molecule has 1 aliphatic carbocycles. The molecule has 1 saturated carbocycles. The van der Waals surface area contributed by atoms with Gasteiger partial charge in [-0.3, -0.25) is 14.5 Å². The van der Waals surface area contributed by atoms with Crippen LogP contribution in [-0.4, -0.2) is 42.1 Å². The quantitative estimate of drug-likeness (QED) is 0.706. The van der Waals surface area contributed by atoms with Gasteiger partial charge in [-0.15, -0.1) is 0 Å². The van der Waals surface area contributed by atoms with Gasteiger partial charge in [-0.1, -0.05) is 43.5 Å². The average molecular weight is 450 g/mol. The van der Waals surface area contributed by atoms with Gasteiger partial charge in [0.2, 0.25) is 12.7 Å². The van der Waals surface area contributed by atoms with Crippen LogP contribution in [-0.2, 0) is 15.1 Å². The van der Waals surface area contributed by atoms with E-state index in [1.807, 2.05) is 30.3 Å². The number of anilines is 1. The Morgan fingerprint density at radius 3 is 2.55 bits per heavy atom. The Bertz CT molecular complexity index is 1080. The van der Waals surface area contributed by atoms with Gasteiger partial charge in [0.25, 0.3) is 5.91 Å². The number of fused-ring (bicyclic) bond motifs is 1. The Morgan fingerprint density at radius 2 is 1.79 bits per heavy atom. The number of hydrogen-bond donors (Lipinski definition) is 1. The third-order valence-electron chi connectivity index (χ3n) is 6.76. The maximum Gasteiger partial charge on any atom is 0.325 e. The highest BCUT2D eigenvalue weighted by molar-refractivity contribution is 6.10. The molecule has 0 radical (unpaired) electrons. The zero-order valence-electron chi connectivity index (χ0n) is 18.6. The van der Waals surface area contributed by atoms with Gasteiger partial charge in [0.05, 0.1) is 0 Å². The van der Waals surface area contributed by atoms with Crippen molar-refractivity contribution < 1.29 is 23.9 Å². The van der Waals surface area contributed by atoms with Crippen LogP contribution < -0.4 is 19.7 Å². The van der Waals surface area contributed by atoms with E-state index in [-0.39, 0.29) is 25.3 Å². The number of nitrogens with one attached hydrogen (secondary N) is 1. The molecule has 2 aromatic carbocycles. The van der Waals surface area contributed by atoms with Crippen LogP contribution in [0, 0.1) is 0 Å². The Kier molecular flexibility index (Phi) is 5.44. The first-order valence-electron chi connectivity index (χ1n) is 11.4. The molecular formula is C25H27N3O5. The molecule has 5 rings (SSSR count). The van der Waals surface area contributed by atoms with Gasteiger partial charge in [0.15, 0.2) is 11.5 Å². The van der Waals surface area contributed by atoms with Crippen molar-refractivity contribution in [2.24, 2.45) is 0 Å². The monoisotopic (exact) mass is 449 g/mol. The van der Waals surface area contributed by atoms with Gasteiger partial charge in [-0.25, -0.2) is 4.79 Å². The predicted molar refractivity (Wildman–Crippen MR) is 121 cm³/mol. The number of para-hydroxylation sites is 1. The first kappa shape index (κ1) is 21.3. The predicted octanol–water partition coefficient (Wildman–Crippen LogP) is 3.55. The summed E-state index contributed by atoms with van der Waals surface area (Å²) >= 11 is 0. The van der Waals surface area contributed by atoms with E-state index in [0.717, 1.165) is 42.7 Å². The molecule has 1 N–H and O–H groups in total. The largest absolute Gasteiger partial charge is 0.454 e. The second kappa shape index (κ2) is 8.42. The van der Waals surface area contributed by atoms with Crippen molar-refractivity contribution in [3.63, 3.8) is 0 Å². The van der Waals surface area contributed by atoms with Gasteiger partial charge in [0, 0.05) is 11.7 Å². The van der Waals surface area contributed by atoms with E-state index < -0.39 is 17.5 Å². The molecule has 0 unspecified atom stereocenters. The number of carbonyl (C=O) groups excluding carboxylic acids is 3. The highest BCUT2D eigenvalue weighted by Gasteiger charge is 2.50. The van der Waals surface area contributed by atoms with Crippen molar-refractivity contribution in [1.82, 2.24) is 10.2 Å². The number of imide groups is 1. The highest BCUT2D eigenvalue weighted by Crippen LogP contribution is 2.38. The molecule has 0 spiro atoms. The zero-order chi connectivity index (χ0) is 23.0. The Hall–Kier alpha value is -3.55. The molecule has 8 nitrogen and oxygen atoms in total. The molecule has 2 heterocycles. The molecule has 8 heteroatoms. The number of rotatable bonds is 5. The maximum atomic E-state index is 13.5. The van der Waals surface area contributed by atoms with Crippen LogP contribution in [0.4, 0.5) is 10.5 Å². The van der Waals surface area contributed by atoms with Crippen LogP contribution in [0.15, 0.2) is 48.5 Å². The number of amides is 4. The van der Waals surface area contributed by atoms with Gasteiger partial charge in [0.1, 0.15) is 12.1 Å². The first-order chi connectivity index (χ1) is 16.0. The lowest BCUT2D eigenvalue weighted by Crippen LogP contribution is -2.48. The molecule has 4 amide bonds. The van der Waals surface area contributed by atoms with Crippen molar-refractivity contribution in [1.29, 1.82) is 0 Å². The van der Waals surface area contributed by atoms with E-state index in [9.17, 15) is 14.4 Å². The summed E-state index contributed by atoms with van der Waals surface area (Å²) in [6.07, 6.45) is 5.11. The normalized spacial score (nSPS) is 22.4. The van der Waals surface area contributed by atoms with Crippen LogP contribution in [0.2, 0.25) is 0 Å². The van der Waals surface area contributed by atoms with Crippen LogP contribution >= 0.6 is 0 Å². The summed E-state index contributed by atoms with van der Waals surface area (Å²) in [5.74, 6) is 0.401. The molecule has 172 valence electrons. The number of hydrogen-bond acceptors (Lipinski definition) is 5. The smallest absolute Gasteiger partial charge is 0.325 e. The third-order valence-corrected chi connectivity index (χ3v) is 6.76. The van der Waals surface area contributed by atoms with E-state index in [1.165, 1.54) is 0 Å². The molecule has 3 aliphatic rings. The van der Waals surface area contributed by atoms with E-state index in [0.29, 0.717) is 17.1 Å². The lowest BCUT2D eigenvalue weighted by molar-refractivity contribution is -0.134. The Balaban J connectivity index is 1.39. The summed E-state index contributed by atoms with van der Waals surface area (Å²) in [5, 5.41) is 2.77. The lowest BCUT2D eigenvalue weighted by Gasteiger charge is -2.35. The van der Waals surface area contributed by atoms with Gasteiger partial charge in [-0.05, 0) is 49.6 Å². The van der Waals surface area contributed by atoms with E-state index in [4.69, 9.17) is 9.47 Å². The number of carbonyl (C=O) groups is 3. The minimum Gasteiger partial charge on any atom is -0.454 e. The minimum atomic E-state index is -1.29. The standard InChI is InChI=1S/C25H27N3O5/c1-25(17-12-13-20-21(14-17)33-16-32-20)23(30)27(24(31)26-25)15-22(29)28(18-8-4-2-5-9-18)19-10-6-3-7-11-19/h2,4-5,8-9,12-14,19H,3,6-7,10-11,15-16H2,1H3,(H,26,31)/t25-/m1/s1. The van der Waals surface area contributed by atoms with E-state index >= 15 is 0 Å². The number of benzene rings is 2. The van der Waals surface area contributed by atoms with E-state index in [1.54, 1.807) is 30.0 Å². The van der Waals surface area contributed by atoms with Crippen LogP contribution in [0.1, 0.15) is 44.6 Å². The molecule has 1 atom stereocenters. The average Bonchev–Trinajstić information content (AvgIpc) is 3.39. The van der Waals surface area contributed by atoms with Gasteiger partial charge < -0.3 is 19.7 Å². The van der Waals surface area contributed by atoms with Crippen molar-refractivity contribution in [2.45, 2.75) is 50.6 Å². The lowest BCUT2D eigenvalue weighted by atomic mass is 9.91. The summed E-state index contributed by atoms with van der Waals surface area (Å²) in [6.45, 7) is 1.45. The van der Waals surface area contributed by atoms with Crippen molar-refractivity contribution in [3.8, 4) is 11.5 Å². The molecular weight excluding hydrogens is 422 g/mol. The van der Waals surface area contributed by atoms with E-state index in [2.05, 4.69) is 5.32 Å². The second-order valence-electron chi connectivity index (χ2n) is 8.91. The fourth-order valence-corrected chi connectivity index (χ4v) is 4.94. The van der Waals surface area contributed by atoms with Crippen LogP contribution in [0.25, 0.3) is 0 Å². The summed E-state index contributed by atoms with van der Waals surface area (Å²) in [7, 11) is 0. The summed E-state index contributed by atoms with van der Waals surface area (Å²) in [6, 6.07) is 14.1. The molecule has 0 aromatic heterocycles. The fraction of sp³-hybridized carbons (Fsp3) is 0.400. The highest BCUT2D eigenvalue weighted by atomic mass is 16.7. The van der Waals surface area contributed by atoms with Gasteiger partial charge >= 0.3 is 6.03 Å². The van der Waals surface area contributed by atoms with Crippen LogP contribution in [0.5, 0.6) is 11.5 Å². The zero-order valence-corrected chi connectivity index (χ0v) is 18.6. The Labute approximate surface area is 192 Å². The van der Waals surface area contributed by atoms with Crippen molar-refractivity contribution in [2.75, 3.05) is 18.2 Å². The first-order valence-corrected chi connectivity index (χ1v) is 11.4. The summed E-state index contributed by atoms with van der Waals surface area (Å²) in [5.41, 5.74) is 0.0769. The maximum absolute atomic E-state index is 13.5. The second-order valence-corrected chi connectivity index (χ2v) is 8.91. The summed E-state index contributed by atoms with van der Waals surface area (Å²) in [4.78, 5) is 42.6. The molecule has 33 heavy (non-hydrogen) atoms. The fourth-order valence-electron chi connectivity index (χ4n) is 4.94. The SMILES string of the molecule is C[C@]1(c2ccc3c(c2)OCO3)NC(=O)N(CC(=O)N(c2ccccc2)C2CCCCC2)C1=O. The summed E-state index contributed by atoms with van der Waals surface area (Å²) < 4.78 is 10.8. The van der Waals surface area contributed by atoms with Crippen LogP contribution in [0.3, 0.4) is 0 Å². The molecule has 2 fully saturated rings. The number of ether oxygens (including phenoxy) is 2. The van der Waals surface area contributed by atoms with Gasteiger partial charge in [-0.2, -0.15) is 0 Å². The topological polar surface area (TPSA) is 88.2 Å². The molecule has 2 aliphatic heterocycles. The van der Waals surface area contributed by atoms with Crippen molar-refractivity contribution >= 4 is 23.5 Å². The number of nitrogens with zero attached hydrogens (tertiary/aromatic N) is 2. The minimum absolute atomic E-state index is 0.0645. The molecule has 1 saturated heterocycles. The molecule has 2 aromatic rings. The van der Waals surface area contributed by atoms with Crippen molar-refractivity contribution in [3.05, 3.63) is 54.1 Å².